The van der Waals surface area contributed by atoms with Crippen LogP contribution in [0, 0.1) is 0 Å². The van der Waals surface area contributed by atoms with Crippen LogP contribution in [-0.4, -0.2) is 5.78 Å². The zero-order valence-electron chi connectivity index (χ0n) is 14.3. The molecule has 1 nitrogen and oxygen atoms in total. The first-order valence-electron chi connectivity index (χ1n) is 8.55. The average Bonchev–Trinajstić information content (AvgIpc) is 2.67. The van der Waals surface area contributed by atoms with Crippen molar-refractivity contribution >= 4 is 5.78 Å². The Morgan fingerprint density at radius 3 is 2.00 bits per heavy atom. The number of ketones is 1. The molecule has 3 aromatic rings. The zero-order chi connectivity index (χ0) is 16.9. The Balaban J connectivity index is 1.95. The molecule has 0 aliphatic carbocycles. The van der Waals surface area contributed by atoms with Crippen LogP contribution in [0.5, 0.6) is 0 Å². The van der Waals surface area contributed by atoms with Crippen LogP contribution in [0.25, 0.3) is 11.1 Å². The Morgan fingerprint density at radius 1 is 0.708 bits per heavy atom. The highest BCUT2D eigenvalue weighted by Crippen LogP contribution is 2.28. The Kier molecular flexibility index (Phi) is 4.90. The minimum absolute atomic E-state index is 0.0696. The number of aryl methyl sites for hydroxylation is 1. The Labute approximate surface area is 144 Å². The third-order valence-electron chi connectivity index (χ3n) is 4.50. The molecule has 0 N–H and O–H groups in total. The molecule has 0 aliphatic heterocycles. The van der Waals surface area contributed by atoms with Gasteiger partial charge in [0.15, 0.2) is 5.78 Å². The lowest BCUT2D eigenvalue weighted by Gasteiger charge is -2.13. The molecule has 0 aliphatic rings. The average molecular weight is 314 g/mol. The van der Waals surface area contributed by atoms with Crippen LogP contribution in [0.15, 0.2) is 72.8 Å². The fourth-order valence-corrected chi connectivity index (χ4v) is 3.21. The van der Waals surface area contributed by atoms with Crippen molar-refractivity contribution in [3.8, 4) is 11.1 Å². The highest BCUT2D eigenvalue weighted by Gasteiger charge is 2.11. The van der Waals surface area contributed by atoms with Crippen molar-refractivity contribution in [1.82, 2.24) is 0 Å². The standard InChI is InChI=1S/C23H22O/c1-3-17-11-8-12-22(21(17)4-2)18-13-15-20(16-14-18)23(24)19-9-6-5-7-10-19/h5-16H,3-4H2,1-2H3. The molecule has 120 valence electrons. The summed E-state index contributed by atoms with van der Waals surface area (Å²) in [5, 5.41) is 0. The molecule has 0 amide bonds. The molecule has 24 heavy (non-hydrogen) atoms. The van der Waals surface area contributed by atoms with Crippen molar-refractivity contribution in [2.45, 2.75) is 26.7 Å². The van der Waals surface area contributed by atoms with Gasteiger partial charge in [-0.15, -0.1) is 0 Å². The van der Waals surface area contributed by atoms with E-state index in [1.807, 2.05) is 42.5 Å². The van der Waals surface area contributed by atoms with Crippen molar-refractivity contribution in [2.24, 2.45) is 0 Å². The second-order valence-electron chi connectivity index (χ2n) is 5.92. The predicted octanol–water partition coefficient (Wildman–Crippen LogP) is 5.71. The third-order valence-corrected chi connectivity index (χ3v) is 4.50. The van der Waals surface area contributed by atoms with E-state index in [-0.39, 0.29) is 5.78 Å². The van der Waals surface area contributed by atoms with Gasteiger partial charge < -0.3 is 0 Å². The minimum Gasteiger partial charge on any atom is -0.289 e. The summed E-state index contributed by atoms with van der Waals surface area (Å²) in [6.07, 6.45) is 2.06. The number of benzene rings is 3. The maximum absolute atomic E-state index is 12.5. The molecule has 0 saturated carbocycles. The molecule has 3 aromatic carbocycles. The second-order valence-corrected chi connectivity index (χ2v) is 5.92. The maximum atomic E-state index is 12.5. The Bertz CT molecular complexity index is 830. The molecule has 0 heterocycles. The molecule has 0 spiro atoms. The second kappa shape index (κ2) is 7.27. The van der Waals surface area contributed by atoms with Gasteiger partial charge in [0.2, 0.25) is 0 Å². The largest absolute Gasteiger partial charge is 0.289 e. The summed E-state index contributed by atoms with van der Waals surface area (Å²) in [6.45, 7) is 4.39. The topological polar surface area (TPSA) is 17.1 Å². The van der Waals surface area contributed by atoms with Crippen LogP contribution < -0.4 is 0 Å². The summed E-state index contributed by atoms with van der Waals surface area (Å²) in [5.41, 5.74) is 6.71. The van der Waals surface area contributed by atoms with Crippen LogP contribution >= 0.6 is 0 Å². The van der Waals surface area contributed by atoms with Gasteiger partial charge in [-0.25, -0.2) is 0 Å². The first kappa shape index (κ1) is 16.2. The normalized spacial score (nSPS) is 10.6. The molecule has 0 fully saturated rings. The maximum Gasteiger partial charge on any atom is 0.193 e. The van der Waals surface area contributed by atoms with Crippen molar-refractivity contribution in [2.75, 3.05) is 0 Å². The summed E-state index contributed by atoms with van der Waals surface area (Å²) in [6, 6.07) is 23.9. The Hall–Kier alpha value is -2.67. The van der Waals surface area contributed by atoms with E-state index in [0.29, 0.717) is 0 Å². The highest BCUT2D eigenvalue weighted by atomic mass is 16.1. The van der Waals surface area contributed by atoms with Crippen LogP contribution in [0.3, 0.4) is 0 Å². The molecule has 3 rings (SSSR count). The van der Waals surface area contributed by atoms with Crippen LogP contribution in [0.2, 0.25) is 0 Å². The van der Waals surface area contributed by atoms with Gasteiger partial charge in [-0.05, 0) is 35.1 Å². The number of carbonyl (C=O) groups is 1. The quantitative estimate of drug-likeness (QED) is 0.551. The fourth-order valence-electron chi connectivity index (χ4n) is 3.21. The molecule has 0 saturated heterocycles. The molecule has 0 atom stereocenters. The zero-order valence-corrected chi connectivity index (χ0v) is 14.3. The molecular weight excluding hydrogens is 292 g/mol. The van der Waals surface area contributed by atoms with Crippen molar-refractivity contribution in [1.29, 1.82) is 0 Å². The number of rotatable bonds is 5. The van der Waals surface area contributed by atoms with E-state index in [9.17, 15) is 4.79 Å². The lowest BCUT2D eigenvalue weighted by Crippen LogP contribution is -2.01. The van der Waals surface area contributed by atoms with Gasteiger partial charge in [-0.3, -0.25) is 4.79 Å². The van der Waals surface area contributed by atoms with E-state index < -0.39 is 0 Å². The number of carbonyl (C=O) groups excluding carboxylic acids is 1. The molecule has 1 heteroatoms. The van der Waals surface area contributed by atoms with E-state index >= 15 is 0 Å². The summed E-state index contributed by atoms with van der Waals surface area (Å²) < 4.78 is 0. The van der Waals surface area contributed by atoms with Gasteiger partial charge in [0, 0.05) is 11.1 Å². The lowest BCUT2D eigenvalue weighted by molar-refractivity contribution is 0.103. The predicted molar refractivity (Wildman–Crippen MR) is 101 cm³/mol. The molecular formula is C23H22O. The van der Waals surface area contributed by atoms with Gasteiger partial charge >= 0.3 is 0 Å². The Morgan fingerprint density at radius 2 is 1.38 bits per heavy atom. The summed E-state index contributed by atoms with van der Waals surface area (Å²) in [5.74, 6) is 0.0696. The monoisotopic (exact) mass is 314 g/mol. The van der Waals surface area contributed by atoms with E-state index in [1.165, 1.54) is 22.3 Å². The van der Waals surface area contributed by atoms with E-state index in [4.69, 9.17) is 0 Å². The van der Waals surface area contributed by atoms with E-state index in [2.05, 4.69) is 44.2 Å². The lowest BCUT2D eigenvalue weighted by atomic mass is 9.92. The first-order chi connectivity index (χ1) is 11.7. The van der Waals surface area contributed by atoms with Crippen LogP contribution in [-0.2, 0) is 12.8 Å². The minimum atomic E-state index is 0.0696. The summed E-state index contributed by atoms with van der Waals surface area (Å²) >= 11 is 0. The van der Waals surface area contributed by atoms with Gasteiger partial charge in [0.1, 0.15) is 0 Å². The van der Waals surface area contributed by atoms with Gasteiger partial charge in [0.25, 0.3) is 0 Å². The fraction of sp³-hybridized carbons (Fsp3) is 0.174. The van der Waals surface area contributed by atoms with Crippen LogP contribution in [0.1, 0.15) is 40.9 Å². The van der Waals surface area contributed by atoms with E-state index in [1.54, 1.807) is 0 Å². The highest BCUT2D eigenvalue weighted by molar-refractivity contribution is 6.09. The molecule has 0 unspecified atom stereocenters. The van der Waals surface area contributed by atoms with E-state index in [0.717, 1.165) is 24.0 Å². The summed E-state index contributed by atoms with van der Waals surface area (Å²) in [7, 11) is 0. The number of hydrogen-bond donors (Lipinski definition) is 0. The molecule has 0 aromatic heterocycles. The van der Waals surface area contributed by atoms with Crippen LogP contribution in [0.4, 0.5) is 0 Å². The molecule has 0 bridgehead atoms. The van der Waals surface area contributed by atoms with Crippen molar-refractivity contribution in [3.05, 3.63) is 95.1 Å². The number of hydrogen-bond acceptors (Lipinski definition) is 1. The van der Waals surface area contributed by atoms with Crippen molar-refractivity contribution in [3.63, 3.8) is 0 Å². The van der Waals surface area contributed by atoms with Gasteiger partial charge in [-0.2, -0.15) is 0 Å². The third kappa shape index (κ3) is 3.16. The smallest absolute Gasteiger partial charge is 0.193 e. The SMILES string of the molecule is CCc1cccc(-c2ccc(C(=O)c3ccccc3)cc2)c1CC. The van der Waals surface area contributed by atoms with Gasteiger partial charge in [-0.1, -0.05) is 86.6 Å². The first-order valence-corrected chi connectivity index (χ1v) is 8.55. The molecule has 0 radical (unpaired) electrons. The van der Waals surface area contributed by atoms with Gasteiger partial charge in [0.05, 0.1) is 0 Å². The summed E-state index contributed by atoms with van der Waals surface area (Å²) in [4.78, 5) is 12.5. The van der Waals surface area contributed by atoms with Crippen molar-refractivity contribution < 1.29 is 4.79 Å².